The van der Waals surface area contributed by atoms with Gasteiger partial charge in [-0.2, -0.15) is 0 Å². The number of aromatic amines is 1. The molecular formula is C17H21N3O2. The van der Waals surface area contributed by atoms with Gasteiger partial charge in [0.15, 0.2) is 0 Å². The van der Waals surface area contributed by atoms with E-state index in [1.54, 1.807) is 13.2 Å². The van der Waals surface area contributed by atoms with Crippen LogP contribution in [0.5, 0.6) is 5.75 Å². The molecule has 1 N–H and O–H groups in total. The number of H-pyrrole nitrogens is 1. The van der Waals surface area contributed by atoms with Gasteiger partial charge in [0.25, 0.3) is 5.56 Å². The van der Waals surface area contributed by atoms with Crippen molar-refractivity contribution in [3.05, 3.63) is 57.8 Å². The average molecular weight is 299 g/mol. The normalized spacial score (nSPS) is 18.5. The number of aryl methyl sites for hydroxylation is 1. The van der Waals surface area contributed by atoms with E-state index in [-0.39, 0.29) is 5.56 Å². The summed E-state index contributed by atoms with van der Waals surface area (Å²) in [6.45, 7) is 4.62. The second kappa shape index (κ2) is 6.32. The number of hydrogen-bond acceptors (Lipinski definition) is 4. The molecule has 22 heavy (non-hydrogen) atoms. The zero-order valence-corrected chi connectivity index (χ0v) is 13.0. The Kier molecular flexibility index (Phi) is 4.24. The van der Waals surface area contributed by atoms with Crippen molar-refractivity contribution < 1.29 is 4.74 Å². The maximum Gasteiger partial charge on any atom is 0.251 e. The van der Waals surface area contributed by atoms with Gasteiger partial charge in [-0.05, 0) is 26.0 Å². The maximum absolute atomic E-state index is 11.6. The summed E-state index contributed by atoms with van der Waals surface area (Å²) < 4.78 is 5.41. The Morgan fingerprint density at radius 1 is 1.41 bits per heavy atom. The summed E-state index contributed by atoms with van der Waals surface area (Å²) in [7, 11) is 1.70. The monoisotopic (exact) mass is 299 g/mol. The quantitative estimate of drug-likeness (QED) is 0.939. The molecule has 0 aliphatic carbocycles. The highest BCUT2D eigenvalue weighted by Gasteiger charge is 2.25. The van der Waals surface area contributed by atoms with Crippen LogP contribution in [0, 0.1) is 6.92 Å². The molecule has 5 heteroatoms. The topological polar surface area (TPSA) is 58.2 Å². The molecule has 1 unspecified atom stereocenters. The van der Waals surface area contributed by atoms with Crippen LogP contribution in [-0.2, 0) is 6.54 Å². The summed E-state index contributed by atoms with van der Waals surface area (Å²) in [6, 6.07) is 9.74. The SMILES string of the molecule is COc1ccccc1CN1CCC(c2cc(=O)[nH]c(C)n2)C1. The van der Waals surface area contributed by atoms with Crippen LogP contribution in [0.25, 0.3) is 0 Å². The molecule has 1 saturated heterocycles. The minimum Gasteiger partial charge on any atom is -0.496 e. The molecule has 0 saturated carbocycles. The minimum atomic E-state index is -0.0642. The number of para-hydroxylation sites is 1. The predicted molar refractivity (Wildman–Crippen MR) is 85.2 cm³/mol. The first kappa shape index (κ1) is 14.8. The summed E-state index contributed by atoms with van der Waals surface area (Å²) in [5.41, 5.74) is 2.04. The van der Waals surface area contributed by atoms with Gasteiger partial charge in [-0.1, -0.05) is 18.2 Å². The van der Waals surface area contributed by atoms with Gasteiger partial charge in [0, 0.05) is 30.6 Å². The second-order valence-electron chi connectivity index (χ2n) is 5.79. The van der Waals surface area contributed by atoms with Gasteiger partial charge >= 0.3 is 0 Å². The molecule has 3 rings (SSSR count). The Morgan fingerprint density at radius 2 is 2.23 bits per heavy atom. The number of nitrogens with zero attached hydrogens (tertiary/aromatic N) is 2. The molecule has 116 valence electrons. The number of methoxy groups -OCH3 is 1. The van der Waals surface area contributed by atoms with Crippen molar-refractivity contribution in [3.63, 3.8) is 0 Å². The van der Waals surface area contributed by atoms with Crippen molar-refractivity contribution in [1.82, 2.24) is 14.9 Å². The molecular weight excluding hydrogens is 278 g/mol. The number of rotatable bonds is 4. The largest absolute Gasteiger partial charge is 0.496 e. The first-order valence-electron chi connectivity index (χ1n) is 7.58. The van der Waals surface area contributed by atoms with Crippen molar-refractivity contribution in [2.45, 2.75) is 25.8 Å². The third kappa shape index (κ3) is 3.20. The van der Waals surface area contributed by atoms with Crippen molar-refractivity contribution in [3.8, 4) is 5.75 Å². The predicted octanol–water partition coefficient (Wildman–Crippen LogP) is 2.08. The third-order valence-electron chi connectivity index (χ3n) is 4.16. The van der Waals surface area contributed by atoms with Gasteiger partial charge in [0.2, 0.25) is 0 Å². The Balaban J connectivity index is 1.71. The fourth-order valence-corrected chi connectivity index (χ4v) is 3.10. The summed E-state index contributed by atoms with van der Waals surface area (Å²) in [5, 5.41) is 0. The van der Waals surface area contributed by atoms with Crippen LogP contribution in [0.3, 0.4) is 0 Å². The summed E-state index contributed by atoms with van der Waals surface area (Å²) >= 11 is 0. The van der Waals surface area contributed by atoms with E-state index in [0.717, 1.165) is 37.5 Å². The Hall–Kier alpha value is -2.14. The molecule has 1 aromatic heterocycles. The van der Waals surface area contributed by atoms with Crippen LogP contribution in [0.15, 0.2) is 35.1 Å². The first-order valence-corrected chi connectivity index (χ1v) is 7.58. The lowest BCUT2D eigenvalue weighted by molar-refractivity contribution is 0.316. The molecule has 2 aromatic rings. The Labute approximate surface area is 130 Å². The average Bonchev–Trinajstić information content (AvgIpc) is 2.95. The number of nitrogens with one attached hydrogen (secondary N) is 1. The van der Waals surface area contributed by atoms with Crippen LogP contribution in [0.1, 0.15) is 29.4 Å². The first-order chi connectivity index (χ1) is 10.7. The number of benzene rings is 1. The van der Waals surface area contributed by atoms with Crippen LogP contribution in [-0.4, -0.2) is 35.1 Å². The number of likely N-dealkylation sites (tertiary alicyclic amines) is 1. The third-order valence-corrected chi connectivity index (χ3v) is 4.16. The van der Waals surface area contributed by atoms with Gasteiger partial charge in [0.05, 0.1) is 12.8 Å². The van der Waals surface area contributed by atoms with E-state index in [0.29, 0.717) is 11.7 Å². The molecule has 0 bridgehead atoms. The van der Waals surface area contributed by atoms with Gasteiger partial charge in [-0.3, -0.25) is 9.69 Å². The van der Waals surface area contributed by atoms with Crippen LogP contribution >= 0.6 is 0 Å². The van der Waals surface area contributed by atoms with Crippen LogP contribution in [0.2, 0.25) is 0 Å². The van der Waals surface area contributed by atoms with E-state index >= 15 is 0 Å². The van der Waals surface area contributed by atoms with Crippen molar-refractivity contribution >= 4 is 0 Å². The molecule has 5 nitrogen and oxygen atoms in total. The van der Waals surface area contributed by atoms with E-state index in [2.05, 4.69) is 20.9 Å². The van der Waals surface area contributed by atoms with Crippen molar-refractivity contribution in [1.29, 1.82) is 0 Å². The molecule has 0 spiro atoms. The zero-order valence-electron chi connectivity index (χ0n) is 13.0. The highest BCUT2D eigenvalue weighted by molar-refractivity contribution is 5.33. The summed E-state index contributed by atoms with van der Waals surface area (Å²) in [6.07, 6.45) is 1.03. The zero-order chi connectivity index (χ0) is 15.5. The van der Waals surface area contributed by atoms with E-state index in [1.165, 1.54) is 5.56 Å². The molecule has 1 fully saturated rings. The molecule has 2 heterocycles. The van der Waals surface area contributed by atoms with Gasteiger partial charge in [-0.15, -0.1) is 0 Å². The molecule has 1 aliphatic heterocycles. The summed E-state index contributed by atoms with van der Waals surface area (Å²) in [4.78, 5) is 21.2. The smallest absolute Gasteiger partial charge is 0.251 e. The van der Waals surface area contributed by atoms with Crippen LogP contribution < -0.4 is 10.3 Å². The minimum absolute atomic E-state index is 0.0642. The van der Waals surface area contributed by atoms with E-state index in [1.807, 2.05) is 25.1 Å². The molecule has 0 amide bonds. The lowest BCUT2D eigenvalue weighted by atomic mass is 10.0. The molecule has 1 aliphatic rings. The highest BCUT2D eigenvalue weighted by Crippen LogP contribution is 2.28. The summed E-state index contributed by atoms with van der Waals surface area (Å²) in [5.74, 6) is 1.94. The van der Waals surface area contributed by atoms with E-state index in [4.69, 9.17) is 4.74 Å². The Morgan fingerprint density at radius 3 is 3.00 bits per heavy atom. The van der Waals surface area contributed by atoms with Crippen molar-refractivity contribution in [2.75, 3.05) is 20.2 Å². The van der Waals surface area contributed by atoms with Crippen molar-refractivity contribution in [2.24, 2.45) is 0 Å². The van der Waals surface area contributed by atoms with E-state index < -0.39 is 0 Å². The maximum atomic E-state index is 11.6. The van der Waals surface area contributed by atoms with Gasteiger partial charge < -0.3 is 9.72 Å². The molecule has 1 aromatic carbocycles. The molecule has 0 radical (unpaired) electrons. The standard InChI is InChI=1S/C17H21N3O2/c1-12-18-15(9-17(21)19-12)13-7-8-20(10-13)11-14-5-3-4-6-16(14)22-2/h3-6,9,13H,7-8,10-11H2,1-2H3,(H,18,19,21). The fourth-order valence-electron chi connectivity index (χ4n) is 3.10. The number of hydrogen-bond donors (Lipinski definition) is 1. The number of aromatic nitrogens is 2. The number of ether oxygens (including phenoxy) is 1. The Bertz CT molecular complexity index is 711. The lowest BCUT2D eigenvalue weighted by Crippen LogP contribution is -2.21. The van der Waals surface area contributed by atoms with Gasteiger partial charge in [-0.25, -0.2) is 4.98 Å². The second-order valence-corrected chi connectivity index (χ2v) is 5.79. The fraction of sp³-hybridized carbons (Fsp3) is 0.412. The molecule has 1 atom stereocenters. The van der Waals surface area contributed by atoms with Crippen LogP contribution in [0.4, 0.5) is 0 Å². The highest BCUT2D eigenvalue weighted by atomic mass is 16.5. The lowest BCUT2D eigenvalue weighted by Gasteiger charge is -2.17. The van der Waals surface area contributed by atoms with Gasteiger partial charge in [0.1, 0.15) is 11.6 Å². The van der Waals surface area contributed by atoms with E-state index in [9.17, 15) is 4.79 Å².